The fourth-order valence-corrected chi connectivity index (χ4v) is 2.84. The molecule has 0 aromatic carbocycles. The molecule has 1 saturated heterocycles. The highest BCUT2D eigenvalue weighted by atomic mass is 16.5. The minimum absolute atomic E-state index is 0.158. The van der Waals surface area contributed by atoms with Crippen LogP contribution in [0, 0.1) is 0 Å². The topological polar surface area (TPSA) is 55.5 Å². The van der Waals surface area contributed by atoms with Crippen LogP contribution in [0.4, 0.5) is 5.82 Å². The molecule has 2 aromatic heterocycles. The number of ether oxygens (including phenoxy) is 1. The molecular formula is C14H21N5O. The average Bonchev–Trinajstić information content (AvgIpc) is 2.78. The largest absolute Gasteiger partial charge is 0.369 e. The summed E-state index contributed by atoms with van der Waals surface area (Å²) in [5.74, 6) is 1.85. The van der Waals surface area contributed by atoms with E-state index in [2.05, 4.69) is 42.8 Å². The van der Waals surface area contributed by atoms with Crippen LogP contribution in [-0.2, 0) is 11.2 Å². The summed E-state index contributed by atoms with van der Waals surface area (Å²) in [6, 6.07) is 3.99. The van der Waals surface area contributed by atoms with Crippen molar-refractivity contribution in [3.05, 3.63) is 18.0 Å². The SMILES string of the molecule is CCc1nnc2ccc(N3CC(C)OC(C)(C)C3)nn12. The van der Waals surface area contributed by atoms with Gasteiger partial charge in [-0.2, -0.15) is 4.52 Å². The molecule has 0 amide bonds. The van der Waals surface area contributed by atoms with Crippen LogP contribution in [0.2, 0.25) is 0 Å². The van der Waals surface area contributed by atoms with Crippen molar-refractivity contribution in [3.8, 4) is 0 Å². The van der Waals surface area contributed by atoms with Gasteiger partial charge in [-0.1, -0.05) is 6.92 Å². The van der Waals surface area contributed by atoms with Gasteiger partial charge < -0.3 is 9.64 Å². The van der Waals surface area contributed by atoms with Gasteiger partial charge in [0.2, 0.25) is 0 Å². The Morgan fingerprint density at radius 3 is 2.85 bits per heavy atom. The zero-order chi connectivity index (χ0) is 14.3. The summed E-state index contributed by atoms with van der Waals surface area (Å²) in [5, 5.41) is 13.0. The van der Waals surface area contributed by atoms with Crippen LogP contribution < -0.4 is 4.90 Å². The van der Waals surface area contributed by atoms with Crippen molar-refractivity contribution in [2.45, 2.75) is 45.8 Å². The molecule has 6 nitrogen and oxygen atoms in total. The van der Waals surface area contributed by atoms with Gasteiger partial charge in [-0.25, -0.2) is 0 Å². The summed E-state index contributed by atoms with van der Waals surface area (Å²) >= 11 is 0. The minimum atomic E-state index is -0.158. The average molecular weight is 275 g/mol. The number of aromatic nitrogens is 4. The van der Waals surface area contributed by atoms with E-state index < -0.39 is 0 Å². The first-order valence-electron chi connectivity index (χ1n) is 7.12. The van der Waals surface area contributed by atoms with E-state index in [4.69, 9.17) is 9.84 Å². The van der Waals surface area contributed by atoms with Gasteiger partial charge in [0.25, 0.3) is 0 Å². The highest BCUT2D eigenvalue weighted by Gasteiger charge is 2.32. The van der Waals surface area contributed by atoms with Gasteiger partial charge >= 0.3 is 0 Å². The lowest BCUT2D eigenvalue weighted by Crippen LogP contribution is -2.52. The number of hydrogen-bond donors (Lipinski definition) is 0. The Balaban J connectivity index is 1.97. The molecule has 6 heteroatoms. The number of anilines is 1. The van der Waals surface area contributed by atoms with E-state index >= 15 is 0 Å². The third-order valence-corrected chi connectivity index (χ3v) is 3.52. The van der Waals surface area contributed by atoms with Crippen LogP contribution in [0.3, 0.4) is 0 Å². The Kier molecular flexibility index (Phi) is 3.12. The zero-order valence-electron chi connectivity index (χ0n) is 12.5. The fourth-order valence-electron chi connectivity index (χ4n) is 2.84. The smallest absolute Gasteiger partial charge is 0.178 e. The van der Waals surface area contributed by atoms with Crippen LogP contribution in [0.1, 0.15) is 33.5 Å². The quantitative estimate of drug-likeness (QED) is 0.835. The summed E-state index contributed by atoms with van der Waals surface area (Å²) < 4.78 is 7.78. The number of rotatable bonds is 2. The lowest BCUT2D eigenvalue weighted by molar-refractivity contribution is -0.0752. The first-order chi connectivity index (χ1) is 9.48. The predicted octanol–water partition coefficient (Wildman–Crippen LogP) is 1.69. The number of nitrogens with zero attached hydrogens (tertiary/aromatic N) is 5. The lowest BCUT2D eigenvalue weighted by atomic mass is 10.1. The molecule has 108 valence electrons. The maximum Gasteiger partial charge on any atom is 0.178 e. The molecule has 0 spiro atoms. The van der Waals surface area contributed by atoms with Crippen molar-refractivity contribution >= 4 is 11.5 Å². The van der Waals surface area contributed by atoms with Crippen molar-refractivity contribution in [3.63, 3.8) is 0 Å². The van der Waals surface area contributed by atoms with Crippen LogP contribution in [0.5, 0.6) is 0 Å². The van der Waals surface area contributed by atoms with Gasteiger partial charge in [0.15, 0.2) is 11.5 Å². The standard InChI is InChI=1S/C14H21N5O/c1-5-11-15-16-12-6-7-13(17-19(11)12)18-8-10(2)20-14(3,4)9-18/h6-7,10H,5,8-9H2,1-4H3. The molecule has 3 rings (SSSR count). The Hall–Kier alpha value is -1.69. The number of fused-ring (bicyclic) bond motifs is 1. The Labute approximate surface area is 118 Å². The maximum atomic E-state index is 5.94. The Bertz CT molecular complexity index is 621. The Morgan fingerprint density at radius 1 is 1.35 bits per heavy atom. The molecule has 1 fully saturated rings. The van der Waals surface area contributed by atoms with Crippen molar-refractivity contribution in [2.75, 3.05) is 18.0 Å². The highest BCUT2D eigenvalue weighted by molar-refractivity contribution is 5.46. The van der Waals surface area contributed by atoms with Crippen LogP contribution in [0.15, 0.2) is 12.1 Å². The van der Waals surface area contributed by atoms with Crippen molar-refractivity contribution in [2.24, 2.45) is 0 Å². The Morgan fingerprint density at radius 2 is 2.15 bits per heavy atom. The monoisotopic (exact) mass is 275 g/mol. The van der Waals surface area contributed by atoms with Crippen LogP contribution in [0.25, 0.3) is 5.65 Å². The number of aryl methyl sites for hydroxylation is 1. The second-order valence-electron chi connectivity index (χ2n) is 6.00. The minimum Gasteiger partial charge on any atom is -0.369 e. The normalized spacial score (nSPS) is 22.4. The van der Waals surface area contributed by atoms with E-state index in [0.717, 1.165) is 36.8 Å². The molecule has 0 bridgehead atoms. The van der Waals surface area contributed by atoms with E-state index in [1.54, 1.807) is 0 Å². The number of morpholine rings is 1. The van der Waals surface area contributed by atoms with Gasteiger partial charge in [0.05, 0.1) is 11.7 Å². The maximum absolute atomic E-state index is 5.94. The summed E-state index contributed by atoms with van der Waals surface area (Å²) in [5.41, 5.74) is 0.640. The fraction of sp³-hybridized carbons (Fsp3) is 0.643. The molecule has 0 saturated carbocycles. The van der Waals surface area contributed by atoms with Gasteiger partial charge in [0, 0.05) is 19.5 Å². The molecule has 2 aromatic rings. The molecule has 0 aliphatic carbocycles. The predicted molar refractivity (Wildman–Crippen MR) is 77.0 cm³/mol. The first-order valence-corrected chi connectivity index (χ1v) is 7.12. The first kappa shape index (κ1) is 13.3. The summed E-state index contributed by atoms with van der Waals surface area (Å²) in [6.07, 6.45) is 1.02. The van der Waals surface area contributed by atoms with Crippen molar-refractivity contribution in [1.82, 2.24) is 19.8 Å². The zero-order valence-corrected chi connectivity index (χ0v) is 12.5. The molecule has 1 aliphatic heterocycles. The van der Waals surface area contributed by atoms with Crippen molar-refractivity contribution < 1.29 is 4.74 Å². The van der Waals surface area contributed by atoms with Gasteiger partial charge in [-0.3, -0.25) is 0 Å². The van der Waals surface area contributed by atoms with E-state index in [-0.39, 0.29) is 11.7 Å². The molecule has 1 aliphatic rings. The molecule has 3 heterocycles. The van der Waals surface area contributed by atoms with Gasteiger partial charge in [0.1, 0.15) is 5.82 Å². The second-order valence-corrected chi connectivity index (χ2v) is 6.00. The van der Waals surface area contributed by atoms with Gasteiger partial charge in [-0.15, -0.1) is 15.3 Å². The molecular weight excluding hydrogens is 254 g/mol. The molecule has 0 radical (unpaired) electrons. The molecule has 1 unspecified atom stereocenters. The van der Waals surface area contributed by atoms with Crippen LogP contribution >= 0.6 is 0 Å². The van der Waals surface area contributed by atoms with E-state index in [0.29, 0.717) is 0 Å². The summed E-state index contributed by atoms with van der Waals surface area (Å²) in [7, 11) is 0. The van der Waals surface area contributed by atoms with E-state index in [1.165, 1.54) is 0 Å². The number of hydrogen-bond acceptors (Lipinski definition) is 5. The van der Waals surface area contributed by atoms with E-state index in [1.807, 2.05) is 16.6 Å². The highest BCUT2D eigenvalue weighted by Crippen LogP contribution is 2.24. The molecule has 0 N–H and O–H groups in total. The molecule has 20 heavy (non-hydrogen) atoms. The summed E-state index contributed by atoms with van der Waals surface area (Å²) in [4.78, 5) is 2.27. The van der Waals surface area contributed by atoms with E-state index in [9.17, 15) is 0 Å². The second kappa shape index (κ2) is 4.70. The van der Waals surface area contributed by atoms with Crippen LogP contribution in [-0.4, -0.2) is 44.6 Å². The van der Waals surface area contributed by atoms with Gasteiger partial charge in [-0.05, 0) is 32.9 Å². The lowest BCUT2D eigenvalue weighted by Gasteiger charge is -2.42. The summed E-state index contributed by atoms with van der Waals surface area (Å²) in [6.45, 7) is 10.1. The third kappa shape index (κ3) is 2.35. The molecule has 1 atom stereocenters. The van der Waals surface area contributed by atoms with Crippen molar-refractivity contribution in [1.29, 1.82) is 0 Å². The third-order valence-electron chi connectivity index (χ3n) is 3.52.